The molecule has 0 spiro atoms. The first-order valence-corrected chi connectivity index (χ1v) is 8.34. The van der Waals surface area contributed by atoms with Crippen molar-refractivity contribution in [1.82, 2.24) is 20.1 Å². The summed E-state index contributed by atoms with van der Waals surface area (Å²) in [6.45, 7) is 3.57. The monoisotopic (exact) mass is 304 g/mol. The molecule has 3 rings (SSSR count). The van der Waals surface area contributed by atoms with Crippen LogP contribution in [-0.4, -0.2) is 39.1 Å². The van der Waals surface area contributed by atoms with Crippen molar-refractivity contribution in [2.24, 2.45) is 5.92 Å². The number of carbonyl (C=O) groups excluding carboxylic acids is 1. The Morgan fingerprint density at radius 1 is 1.57 bits per heavy atom. The summed E-state index contributed by atoms with van der Waals surface area (Å²) >= 11 is 1.65. The highest BCUT2D eigenvalue weighted by Gasteiger charge is 2.28. The second kappa shape index (κ2) is 6.39. The van der Waals surface area contributed by atoms with Gasteiger partial charge in [0, 0.05) is 49.1 Å². The lowest BCUT2D eigenvalue weighted by Gasteiger charge is -2.28. The number of hydrogen-bond donors (Lipinski definition) is 1. The lowest BCUT2D eigenvalue weighted by Crippen LogP contribution is -2.39. The summed E-state index contributed by atoms with van der Waals surface area (Å²) in [7, 11) is 0. The van der Waals surface area contributed by atoms with Gasteiger partial charge < -0.3 is 4.90 Å². The number of thiazole rings is 1. The van der Waals surface area contributed by atoms with Crippen molar-refractivity contribution in [2.75, 3.05) is 13.1 Å². The van der Waals surface area contributed by atoms with Gasteiger partial charge in [0.05, 0.1) is 11.2 Å². The van der Waals surface area contributed by atoms with Gasteiger partial charge in [0.15, 0.2) is 0 Å². The zero-order chi connectivity index (χ0) is 14.7. The first kappa shape index (κ1) is 14.3. The molecule has 1 aliphatic carbocycles. The van der Waals surface area contributed by atoms with E-state index in [1.54, 1.807) is 11.3 Å². The van der Waals surface area contributed by atoms with Crippen molar-refractivity contribution in [3.8, 4) is 0 Å². The van der Waals surface area contributed by atoms with Crippen LogP contribution in [0.25, 0.3) is 0 Å². The standard InChI is InChI=1S/C15H20N4OS/c1-2-19(7-5-14-16-6-8-21-14)15(20)11-3-4-12-10-17-18-13(12)9-11/h6,8,10-11H,2-5,7,9H2,1H3,(H,17,18). The van der Waals surface area contributed by atoms with Crippen LogP contribution in [0.15, 0.2) is 17.8 Å². The number of fused-ring (bicyclic) bond motifs is 1. The van der Waals surface area contributed by atoms with Gasteiger partial charge in [-0.15, -0.1) is 11.3 Å². The van der Waals surface area contributed by atoms with Crippen molar-refractivity contribution >= 4 is 17.2 Å². The molecule has 1 aliphatic rings. The molecule has 2 aromatic rings. The van der Waals surface area contributed by atoms with E-state index in [0.29, 0.717) is 0 Å². The van der Waals surface area contributed by atoms with E-state index in [-0.39, 0.29) is 11.8 Å². The van der Waals surface area contributed by atoms with Crippen LogP contribution in [0.1, 0.15) is 29.6 Å². The largest absolute Gasteiger partial charge is 0.342 e. The van der Waals surface area contributed by atoms with Gasteiger partial charge in [-0.3, -0.25) is 9.89 Å². The Kier molecular flexibility index (Phi) is 4.34. The molecule has 1 unspecified atom stereocenters. The number of carbonyl (C=O) groups is 1. The number of amides is 1. The van der Waals surface area contributed by atoms with Gasteiger partial charge in [-0.25, -0.2) is 4.98 Å². The number of nitrogens with one attached hydrogen (secondary N) is 1. The molecule has 5 nitrogen and oxygen atoms in total. The van der Waals surface area contributed by atoms with Gasteiger partial charge >= 0.3 is 0 Å². The highest BCUT2D eigenvalue weighted by Crippen LogP contribution is 2.25. The van der Waals surface area contributed by atoms with Crippen molar-refractivity contribution in [1.29, 1.82) is 0 Å². The summed E-state index contributed by atoms with van der Waals surface area (Å²) in [6, 6.07) is 0. The van der Waals surface area contributed by atoms with Crippen LogP contribution in [-0.2, 0) is 24.1 Å². The molecule has 1 N–H and O–H groups in total. The van der Waals surface area contributed by atoms with Crippen LogP contribution < -0.4 is 0 Å². The second-order valence-electron chi connectivity index (χ2n) is 5.41. The lowest BCUT2D eigenvalue weighted by atomic mass is 9.87. The topological polar surface area (TPSA) is 61.9 Å². The zero-order valence-electron chi connectivity index (χ0n) is 12.2. The Labute approximate surface area is 128 Å². The predicted molar refractivity (Wildman–Crippen MR) is 82.2 cm³/mol. The number of likely N-dealkylation sites (N-methyl/N-ethyl adjacent to an activating group) is 1. The summed E-state index contributed by atoms with van der Waals surface area (Å²) in [5.41, 5.74) is 2.40. The lowest BCUT2D eigenvalue weighted by molar-refractivity contribution is -0.135. The Morgan fingerprint density at radius 3 is 3.24 bits per heavy atom. The highest BCUT2D eigenvalue weighted by atomic mass is 32.1. The van der Waals surface area contributed by atoms with E-state index in [2.05, 4.69) is 15.2 Å². The van der Waals surface area contributed by atoms with Crippen LogP contribution in [0.2, 0.25) is 0 Å². The van der Waals surface area contributed by atoms with Gasteiger partial charge in [0.25, 0.3) is 0 Å². The minimum atomic E-state index is 0.0918. The number of aromatic nitrogens is 3. The number of nitrogens with zero attached hydrogens (tertiary/aromatic N) is 3. The molecule has 0 fully saturated rings. The molecule has 0 saturated heterocycles. The van der Waals surface area contributed by atoms with Crippen LogP contribution >= 0.6 is 11.3 Å². The van der Waals surface area contributed by atoms with E-state index >= 15 is 0 Å². The summed E-state index contributed by atoms with van der Waals surface area (Å²) in [5, 5.41) is 10.2. The summed E-state index contributed by atoms with van der Waals surface area (Å²) < 4.78 is 0. The van der Waals surface area contributed by atoms with Gasteiger partial charge in [0.2, 0.25) is 5.91 Å². The van der Waals surface area contributed by atoms with Crippen LogP contribution in [0, 0.1) is 5.92 Å². The molecule has 21 heavy (non-hydrogen) atoms. The molecule has 1 amide bonds. The van der Waals surface area contributed by atoms with Gasteiger partial charge in [-0.05, 0) is 25.3 Å². The summed E-state index contributed by atoms with van der Waals surface area (Å²) in [5.74, 6) is 0.364. The van der Waals surface area contributed by atoms with E-state index < -0.39 is 0 Å². The normalized spacial score (nSPS) is 17.5. The molecule has 0 aliphatic heterocycles. The third kappa shape index (κ3) is 3.15. The average Bonchev–Trinajstić information content (AvgIpc) is 3.18. The minimum absolute atomic E-state index is 0.0918. The molecule has 1 atom stereocenters. The fourth-order valence-electron chi connectivity index (χ4n) is 2.91. The molecule has 112 valence electrons. The van der Waals surface area contributed by atoms with E-state index in [9.17, 15) is 4.79 Å². The second-order valence-corrected chi connectivity index (χ2v) is 6.39. The maximum Gasteiger partial charge on any atom is 0.226 e. The van der Waals surface area contributed by atoms with Crippen molar-refractivity contribution in [3.63, 3.8) is 0 Å². The molecule has 6 heteroatoms. The van der Waals surface area contributed by atoms with Gasteiger partial charge in [0.1, 0.15) is 0 Å². The first-order chi connectivity index (χ1) is 10.3. The van der Waals surface area contributed by atoms with Crippen LogP contribution in [0.5, 0.6) is 0 Å². The van der Waals surface area contributed by atoms with E-state index in [1.165, 1.54) is 5.56 Å². The quantitative estimate of drug-likeness (QED) is 0.920. The van der Waals surface area contributed by atoms with Gasteiger partial charge in [-0.1, -0.05) is 0 Å². The maximum atomic E-state index is 12.7. The third-order valence-electron chi connectivity index (χ3n) is 4.14. The van der Waals surface area contributed by atoms with Crippen LogP contribution in [0.3, 0.4) is 0 Å². The molecule has 2 heterocycles. The van der Waals surface area contributed by atoms with Crippen LogP contribution in [0.4, 0.5) is 0 Å². The molecule has 0 aromatic carbocycles. The number of aromatic amines is 1. The van der Waals surface area contributed by atoms with Crippen molar-refractivity contribution in [3.05, 3.63) is 34.0 Å². The van der Waals surface area contributed by atoms with E-state index in [0.717, 1.165) is 49.5 Å². The number of rotatable bonds is 5. The SMILES string of the molecule is CCN(CCc1nccs1)C(=O)C1CCc2cn[nH]c2C1. The molecular weight excluding hydrogens is 284 g/mol. The average molecular weight is 304 g/mol. The highest BCUT2D eigenvalue weighted by molar-refractivity contribution is 7.09. The summed E-state index contributed by atoms with van der Waals surface area (Å²) in [4.78, 5) is 18.9. The zero-order valence-corrected chi connectivity index (χ0v) is 13.0. The Morgan fingerprint density at radius 2 is 2.48 bits per heavy atom. The smallest absolute Gasteiger partial charge is 0.226 e. The first-order valence-electron chi connectivity index (χ1n) is 7.46. The fraction of sp³-hybridized carbons (Fsp3) is 0.533. The predicted octanol–water partition coefficient (Wildman–Crippen LogP) is 2.06. The third-order valence-corrected chi connectivity index (χ3v) is 4.98. The fourth-order valence-corrected chi connectivity index (χ4v) is 3.52. The molecular formula is C15H20N4OS. The maximum absolute atomic E-state index is 12.7. The molecule has 0 bridgehead atoms. The number of hydrogen-bond acceptors (Lipinski definition) is 4. The molecule has 0 radical (unpaired) electrons. The Balaban J connectivity index is 1.60. The molecule has 2 aromatic heterocycles. The van der Waals surface area contributed by atoms with E-state index in [4.69, 9.17) is 0 Å². The number of H-pyrrole nitrogens is 1. The minimum Gasteiger partial charge on any atom is -0.342 e. The van der Waals surface area contributed by atoms with Crippen molar-refractivity contribution < 1.29 is 4.79 Å². The summed E-state index contributed by atoms with van der Waals surface area (Å²) in [6.07, 6.45) is 7.22. The van der Waals surface area contributed by atoms with E-state index in [1.807, 2.05) is 29.6 Å². The Hall–Kier alpha value is -1.69. The number of aryl methyl sites for hydroxylation is 1. The van der Waals surface area contributed by atoms with Crippen molar-refractivity contribution in [2.45, 2.75) is 32.6 Å². The van der Waals surface area contributed by atoms with Gasteiger partial charge in [-0.2, -0.15) is 5.10 Å². The Bertz CT molecular complexity index is 593. The molecule has 0 saturated carbocycles.